The molecule has 0 aliphatic carbocycles. The van der Waals surface area contributed by atoms with Crippen LogP contribution in [0, 0.1) is 0 Å². The summed E-state index contributed by atoms with van der Waals surface area (Å²) in [6.07, 6.45) is 0.238. The molecule has 0 aliphatic heterocycles. The number of hydrogen-bond acceptors (Lipinski definition) is 3. The maximum atomic E-state index is 11.8. The molecule has 1 amide bonds. The largest absolute Gasteiger partial charge is 0.456 e. The minimum absolute atomic E-state index is 0.0462. The summed E-state index contributed by atoms with van der Waals surface area (Å²) < 4.78 is 5.03. The third-order valence-corrected chi connectivity index (χ3v) is 4.01. The van der Waals surface area contributed by atoms with Gasteiger partial charge in [0.05, 0.1) is 6.42 Å². The predicted octanol–water partition coefficient (Wildman–Crippen LogP) is 3.69. The van der Waals surface area contributed by atoms with E-state index in [1.54, 1.807) is 6.07 Å². The van der Waals surface area contributed by atoms with Crippen molar-refractivity contribution in [1.29, 1.82) is 0 Å². The summed E-state index contributed by atoms with van der Waals surface area (Å²) in [6, 6.07) is 17.0. The molecule has 5 heteroatoms. The van der Waals surface area contributed by atoms with Crippen LogP contribution in [0.2, 0.25) is 5.02 Å². The Hall–Kier alpha value is -2.33. The van der Waals surface area contributed by atoms with Gasteiger partial charge in [0.2, 0.25) is 0 Å². The average molecular weight is 346 g/mol. The van der Waals surface area contributed by atoms with Crippen molar-refractivity contribution in [3.63, 3.8) is 0 Å². The molecule has 24 heavy (non-hydrogen) atoms. The van der Waals surface area contributed by atoms with E-state index in [0.717, 1.165) is 11.1 Å². The number of esters is 1. The number of carbonyl (C=O) groups is 2. The molecule has 0 heterocycles. The molecule has 0 fully saturated rings. The lowest BCUT2D eigenvalue weighted by atomic mass is 9.98. The fraction of sp³-hybridized carbons (Fsp3) is 0.263. The first-order chi connectivity index (χ1) is 11.6. The van der Waals surface area contributed by atoms with Gasteiger partial charge in [-0.05, 0) is 23.1 Å². The first-order valence-electron chi connectivity index (χ1n) is 7.77. The molecule has 0 bridgehead atoms. The van der Waals surface area contributed by atoms with Gasteiger partial charge in [0.15, 0.2) is 6.61 Å². The SMILES string of the molecule is CC(CC(=O)OCC(=O)NCc1ccccc1Cl)c1ccccc1. The third-order valence-electron chi connectivity index (χ3n) is 3.64. The van der Waals surface area contributed by atoms with Gasteiger partial charge in [0.1, 0.15) is 0 Å². The zero-order valence-corrected chi connectivity index (χ0v) is 14.3. The zero-order valence-electron chi connectivity index (χ0n) is 13.5. The standard InChI is InChI=1S/C19H20ClNO3/c1-14(15-7-3-2-4-8-15)11-19(23)24-13-18(22)21-12-16-9-5-6-10-17(16)20/h2-10,14H,11-13H2,1H3,(H,21,22). The van der Waals surface area contributed by atoms with Crippen LogP contribution in [0.25, 0.3) is 0 Å². The maximum Gasteiger partial charge on any atom is 0.306 e. The van der Waals surface area contributed by atoms with Crippen LogP contribution < -0.4 is 5.32 Å². The molecule has 0 radical (unpaired) electrons. The summed E-state index contributed by atoms with van der Waals surface area (Å²) in [5.74, 6) is -0.695. The number of ether oxygens (including phenoxy) is 1. The van der Waals surface area contributed by atoms with Gasteiger partial charge in [-0.1, -0.05) is 67.1 Å². The van der Waals surface area contributed by atoms with E-state index in [9.17, 15) is 9.59 Å². The number of rotatable bonds is 7. The van der Waals surface area contributed by atoms with Crippen LogP contribution in [0.4, 0.5) is 0 Å². The molecule has 0 aromatic heterocycles. The van der Waals surface area contributed by atoms with Crippen LogP contribution >= 0.6 is 11.6 Å². The van der Waals surface area contributed by atoms with Crippen LogP contribution in [0.5, 0.6) is 0 Å². The Morgan fingerprint density at radius 2 is 1.75 bits per heavy atom. The number of nitrogens with one attached hydrogen (secondary N) is 1. The molecule has 126 valence electrons. The molecule has 0 saturated carbocycles. The molecule has 2 rings (SSSR count). The molecule has 1 unspecified atom stereocenters. The summed E-state index contributed by atoms with van der Waals surface area (Å²) in [4.78, 5) is 23.6. The van der Waals surface area contributed by atoms with Crippen molar-refractivity contribution >= 4 is 23.5 Å². The van der Waals surface area contributed by atoms with Crippen LogP contribution in [0.1, 0.15) is 30.4 Å². The predicted molar refractivity (Wildman–Crippen MR) is 93.7 cm³/mol. The molecule has 0 saturated heterocycles. The van der Waals surface area contributed by atoms with E-state index in [-0.39, 0.29) is 30.8 Å². The summed E-state index contributed by atoms with van der Waals surface area (Å²) in [6.45, 7) is 1.97. The number of halogens is 1. The van der Waals surface area contributed by atoms with Crippen molar-refractivity contribution in [2.24, 2.45) is 0 Å². The Morgan fingerprint density at radius 1 is 1.08 bits per heavy atom. The van der Waals surface area contributed by atoms with Gasteiger partial charge in [-0.2, -0.15) is 0 Å². The molecule has 1 atom stereocenters. The molecular formula is C19H20ClNO3. The highest BCUT2D eigenvalue weighted by molar-refractivity contribution is 6.31. The smallest absolute Gasteiger partial charge is 0.306 e. The summed E-state index contributed by atoms with van der Waals surface area (Å²) in [5.41, 5.74) is 1.88. The van der Waals surface area contributed by atoms with E-state index in [4.69, 9.17) is 16.3 Å². The lowest BCUT2D eigenvalue weighted by Crippen LogP contribution is -2.28. The third kappa shape index (κ3) is 5.70. The van der Waals surface area contributed by atoms with Crippen molar-refractivity contribution in [3.8, 4) is 0 Å². The van der Waals surface area contributed by atoms with Crippen molar-refractivity contribution in [3.05, 3.63) is 70.7 Å². The molecule has 2 aromatic rings. The summed E-state index contributed by atoms with van der Waals surface area (Å²) >= 11 is 6.01. The molecule has 0 aliphatic rings. The van der Waals surface area contributed by atoms with Crippen LogP contribution in [-0.2, 0) is 20.9 Å². The highest BCUT2D eigenvalue weighted by atomic mass is 35.5. The Bertz CT molecular complexity index is 688. The highest BCUT2D eigenvalue weighted by Crippen LogP contribution is 2.18. The second-order valence-corrected chi connectivity index (χ2v) is 5.95. The second-order valence-electron chi connectivity index (χ2n) is 5.54. The Kier molecular flexibility index (Phi) is 6.82. The fourth-order valence-corrected chi connectivity index (χ4v) is 2.44. The van der Waals surface area contributed by atoms with E-state index in [1.807, 2.05) is 55.5 Å². The first-order valence-corrected chi connectivity index (χ1v) is 8.14. The topological polar surface area (TPSA) is 55.4 Å². The van der Waals surface area contributed by atoms with E-state index >= 15 is 0 Å². The molecule has 1 N–H and O–H groups in total. The van der Waals surface area contributed by atoms with Gasteiger partial charge in [-0.15, -0.1) is 0 Å². The van der Waals surface area contributed by atoms with Gasteiger partial charge >= 0.3 is 5.97 Å². The quantitative estimate of drug-likeness (QED) is 0.778. The molecule has 0 spiro atoms. The van der Waals surface area contributed by atoms with Gasteiger partial charge < -0.3 is 10.1 Å². The fourth-order valence-electron chi connectivity index (χ4n) is 2.24. The van der Waals surface area contributed by atoms with Gasteiger partial charge in [0, 0.05) is 11.6 Å². The van der Waals surface area contributed by atoms with Gasteiger partial charge in [0.25, 0.3) is 5.91 Å². The van der Waals surface area contributed by atoms with Gasteiger partial charge in [-0.25, -0.2) is 0 Å². The highest BCUT2D eigenvalue weighted by Gasteiger charge is 2.13. The number of hydrogen-bond donors (Lipinski definition) is 1. The maximum absolute atomic E-state index is 11.8. The van der Waals surface area contributed by atoms with E-state index in [0.29, 0.717) is 11.6 Å². The average Bonchev–Trinajstić information content (AvgIpc) is 2.60. The van der Waals surface area contributed by atoms with Crippen molar-refractivity contribution in [1.82, 2.24) is 5.32 Å². The normalized spacial score (nSPS) is 11.6. The molecule has 4 nitrogen and oxygen atoms in total. The first kappa shape index (κ1) is 18.0. The lowest BCUT2D eigenvalue weighted by Gasteiger charge is -2.11. The number of benzene rings is 2. The summed E-state index contributed by atoms with van der Waals surface area (Å²) in [5, 5.41) is 3.27. The second kappa shape index (κ2) is 9.08. The Labute approximate surface area is 146 Å². The van der Waals surface area contributed by atoms with Crippen molar-refractivity contribution in [2.75, 3.05) is 6.61 Å². The number of amides is 1. The molecule has 2 aromatic carbocycles. The molecular weight excluding hydrogens is 326 g/mol. The van der Waals surface area contributed by atoms with Crippen molar-refractivity contribution in [2.45, 2.75) is 25.8 Å². The van der Waals surface area contributed by atoms with Crippen LogP contribution in [-0.4, -0.2) is 18.5 Å². The zero-order chi connectivity index (χ0) is 17.4. The van der Waals surface area contributed by atoms with Gasteiger partial charge in [-0.3, -0.25) is 9.59 Å². The van der Waals surface area contributed by atoms with Crippen molar-refractivity contribution < 1.29 is 14.3 Å². The lowest BCUT2D eigenvalue weighted by molar-refractivity contribution is -0.148. The van der Waals surface area contributed by atoms with E-state index in [2.05, 4.69) is 5.32 Å². The minimum atomic E-state index is -0.390. The van der Waals surface area contributed by atoms with Crippen LogP contribution in [0.15, 0.2) is 54.6 Å². The number of carbonyl (C=O) groups excluding carboxylic acids is 2. The Morgan fingerprint density at radius 3 is 2.46 bits per heavy atom. The monoisotopic (exact) mass is 345 g/mol. The van der Waals surface area contributed by atoms with E-state index < -0.39 is 0 Å². The van der Waals surface area contributed by atoms with Crippen LogP contribution in [0.3, 0.4) is 0 Å². The van der Waals surface area contributed by atoms with E-state index in [1.165, 1.54) is 0 Å². The summed E-state index contributed by atoms with van der Waals surface area (Å²) in [7, 11) is 0. The Balaban J connectivity index is 1.71. The minimum Gasteiger partial charge on any atom is -0.456 e.